The summed E-state index contributed by atoms with van der Waals surface area (Å²) < 4.78 is 4.61. The highest BCUT2D eigenvalue weighted by atomic mass is 16.5. The molecule has 0 aliphatic rings. The van der Waals surface area contributed by atoms with E-state index < -0.39 is 0 Å². The maximum Gasteiger partial charge on any atom is 0.305 e. The molecule has 112 valence electrons. The van der Waals surface area contributed by atoms with Crippen LogP contribution in [0.4, 0.5) is 5.69 Å². The molecule has 0 bridgehead atoms. The van der Waals surface area contributed by atoms with Gasteiger partial charge in [-0.2, -0.15) is 10.5 Å². The first kappa shape index (κ1) is 15.2. The van der Waals surface area contributed by atoms with Crippen LogP contribution >= 0.6 is 0 Å². The summed E-state index contributed by atoms with van der Waals surface area (Å²) in [5, 5.41) is 25.3. The van der Waals surface area contributed by atoms with Gasteiger partial charge in [-0.25, -0.2) is 0 Å². The van der Waals surface area contributed by atoms with Crippen molar-refractivity contribution in [1.29, 1.82) is 5.26 Å². The molecule has 1 aromatic carbocycles. The SMILES string of the molecule is COC(=O)CCc1cccc(NC=C(C#N)c2nn[nH]n2)c1. The molecule has 0 saturated heterocycles. The molecule has 0 fully saturated rings. The van der Waals surface area contributed by atoms with Crippen LogP contribution in [0.2, 0.25) is 0 Å². The van der Waals surface area contributed by atoms with Crippen LogP contribution in [0.5, 0.6) is 0 Å². The van der Waals surface area contributed by atoms with Gasteiger partial charge in [-0.3, -0.25) is 4.79 Å². The fourth-order valence-corrected chi connectivity index (χ4v) is 1.74. The first-order valence-corrected chi connectivity index (χ1v) is 6.49. The second-order valence-electron chi connectivity index (χ2n) is 4.33. The molecule has 0 aliphatic heterocycles. The molecule has 0 aliphatic carbocycles. The van der Waals surface area contributed by atoms with Gasteiger partial charge in [0, 0.05) is 18.3 Å². The number of ether oxygens (including phenoxy) is 1. The fourth-order valence-electron chi connectivity index (χ4n) is 1.74. The van der Waals surface area contributed by atoms with Crippen molar-refractivity contribution < 1.29 is 9.53 Å². The Bertz CT molecular complexity index is 702. The number of anilines is 1. The number of H-pyrrole nitrogens is 1. The van der Waals surface area contributed by atoms with Crippen LogP contribution in [0, 0.1) is 11.3 Å². The number of aromatic nitrogens is 4. The Morgan fingerprint density at radius 2 is 2.41 bits per heavy atom. The Hall–Kier alpha value is -3.21. The largest absolute Gasteiger partial charge is 0.469 e. The number of nitrogens with zero attached hydrogens (tertiary/aromatic N) is 4. The number of carbonyl (C=O) groups is 1. The Labute approximate surface area is 126 Å². The number of rotatable bonds is 6. The quantitative estimate of drug-likeness (QED) is 0.609. The minimum absolute atomic E-state index is 0.219. The molecule has 8 heteroatoms. The van der Waals surface area contributed by atoms with Crippen molar-refractivity contribution in [3.05, 3.63) is 41.9 Å². The van der Waals surface area contributed by atoms with E-state index in [1.165, 1.54) is 13.3 Å². The number of aromatic amines is 1. The molecule has 1 aromatic heterocycles. The predicted octanol–water partition coefficient (Wildman–Crippen LogP) is 1.28. The van der Waals surface area contributed by atoms with Gasteiger partial charge in [0.1, 0.15) is 11.6 Å². The van der Waals surface area contributed by atoms with E-state index in [2.05, 4.69) is 30.7 Å². The monoisotopic (exact) mass is 298 g/mol. The van der Waals surface area contributed by atoms with Crippen molar-refractivity contribution >= 4 is 17.2 Å². The highest BCUT2D eigenvalue weighted by Crippen LogP contribution is 2.14. The molecule has 0 saturated carbocycles. The lowest BCUT2D eigenvalue weighted by Gasteiger charge is -2.05. The van der Waals surface area contributed by atoms with Gasteiger partial charge in [0.05, 0.1) is 7.11 Å². The lowest BCUT2D eigenvalue weighted by atomic mass is 10.1. The molecule has 0 amide bonds. The average Bonchev–Trinajstić information content (AvgIpc) is 3.08. The van der Waals surface area contributed by atoms with E-state index in [1.54, 1.807) is 0 Å². The third-order valence-corrected chi connectivity index (χ3v) is 2.86. The summed E-state index contributed by atoms with van der Waals surface area (Å²) in [4.78, 5) is 11.1. The van der Waals surface area contributed by atoms with Gasteiger partial charge >= 0.3 is 5.97 Å². The summed E-state index contributed by atoms with van der Waals surface area (Å²) >= 11 is 0. The standard InChI is InChI=1S/C14H14N6O2/c1-22-13(21)6-5-10-3-2-4-12(7-10)16-9-11(8-15)14-17-19-20-18-14/h2-4,7,9,16H,5-6H2,1H3,(H,17,18,19,20). The van der Waals surface area contributed by atoms with E-state index in [4.69, 9.17) is 5.26 Å². The summed E-state index contributed by atoms with van der Waals surface area (Å²) in [6, 6.07) is 9.52. The zero-order chi connectivity index (χ0) is 15.8. The minimum Gasteiger partial charge on any atom is -0.469 e. The van der Waals surface area contributed by atoms with E-state index >= 15 is 0 Å². The van der Waals surface area contributed by atoms with Gasteiger partial charge in [-0.05, 0) is 29.3 Å². The van der Waals surface area contributed by atoms with Crippen LogP contribution < -0.4 is 5.32 Å². The van der Waals surface area contributed by atoms with E-state index in [1.807, 2.05) is 30.3 Å². The zero-order valence-electron chi connectivity index (χ0n) is 11.9. The second-order valence-corrected chi connectivity index (χ2v) is 4.33. The number of tetrazole rings is 1. The topological polar surface area (TPSA) is 117 Å². The van der Waals surface area contributed by atoms with Gasteiger partial charge in [0.2, 0.25) is 5.82 Å². The number of allylic oxidation sites excluding steroid dienone is 1. The summed E-state index contributed by atoms with van der Waals surface area (Å²) in [5.74, 6) is -0.0287. The Kier molecular flexibility index (Phi) is 5.20. The third-order valence-electron chi connectivity index (χ3n) is 2.86. The molecular formula is C14H14N6O2. The van der Waals surface area contributed by atoms with Crippen LogP contribution in [-0.4, -0.2) is 33.7 Å². The summed E-state index contributed by atoms with van der Waals surface area (Å²) in [6.45, 7) is 0. The molecule has 0 radical (unpaired) electrons. The smallest absolute Gasteiger partial charge is 0.305 e. The average molecular weight is 298 g/mol. The van der Waals surface area contributed by atoms with Crippen molar-refractivity contribution in [3.63, 3.8) is 0 Å². The van der Waals surface area contributed by atoms with Crippen molar-refractivity contribution in [1.82, 2.24) is 20.6 Å². The number of hydrogen-bond acceptors (Lipinski definition) is 7. The zero-order valence-corrected chi connectivity index (χ0v) is 11.9. The van der Waals surface area contributed by atoms with E-state index in [-0.39, 0.29) is 17.4 Å². The molecular weight excluding hydrogens is 284 g/mol. The van der Waals surface area contributed by atoms with E-state index in [9.17, 15) is 4.79 Å². The number of esters is 1. The van der Waals surface area contributed by atoms with E-state index in [0.717, 1.165) is 11.3 Å². The lowest BCUT2D eigenvalue weighted by molar-refractivity contribution is -0.140. The molecule has 0 unspecified atom stereocenters. The third kappa shape index (κ3) is 4.14. The van der Waals surface area contributed by atoms with Gasteiger partial charge < -0.3 is 10.1 Å². The highest BCUT2D eigenvalue weighted by molar-refractivity contribution is 5.74. The van der Waals surface area contributed by atoms with Crippen LogP contribution in [0.15, 0.2) is 30.5 Å². The molecule has 2 rings (SSSR count). The number of benzene rings is 1. The number of aryl methyl sites for hydroxylation is 1. The minimum atomic E-state index is -0.248. The first-order valence-electron chi connectivity index (χ1n) is 6.49. The van der Waals surface area contributed by atoms with E-state index in [0.29, 0.717) is 12.8 Å². The fraction of sp³-hybridized carbons (Fsp3) is 0.214. The lowest BCUT2D eigenvalue weighted by Crippen LogP contribution is -2.02. The van der Waals surface area contributed by atoms with Crippen molar-refractivity contribution in [2.75, 3.05) is 12.4 Å². The summed E-state index contributed by atoms with van der Waals surface area (Å²) in [6.07, 6.45) is 2.41. The molecule has 0 spiro atoms. The number of hydrogen-bond donors (Lipinski definition) is 2. The normalized spacial score (nSPS) is 10.8. The van der Waals surface area contributed by atoms with Crippen LogP contribution in [-0.2, 0) is 16.0 Å². The second kappa shape index (κ2) is 7.54. The highest BCUT2D eigenvalue weighted by Gasteiger charge is 2.06. The number of methoxy groups -OCH3 is 1. The molecule has 1 heterocycles. The molecule has 2 N–H and O–H groups in total. The number of nitrogens with one attached hydrogen (secondary N) is 2. The Morgan fingerprint density at radius 1 is 1.55 bits per heavy atom. The van der Waals surface area contributed by atoms with Gasteiger partial charge in [0.25, 0.3) is 0 Å². The summed E-state index contributed by atoms with van der Waals surface area (Å²) in [7, 11) is 1.37. The molecule has 8 nitrogen and oxygen atoms in total. The van der Waals surface area contributed by atoms with Crippen LogP contribution in [0.3, 0.4) is 0 Å². The number of nitriles is 1. The molecule has 0 atom stereocenters. The molecule has 2 aromatic rings. The van der Waals surface area contributed by atoms with Crippen LogP contribution in [0.1, 0.15) is 17.8 Å². The summed E-state index contributed by atoms with van der Waals surface area (Å²) in [5.41, 5.74) is 2.04. The van der Waals surface area contributed by atoms with Gasteiger partial charge in [0.15, 0.2) is 0 Å². The number of carbonyl (C=O) groups excluding carboxylic acids is 1. The predicted molar refractivity (Wildman–Crippen MR) is 78.2 cm³/mol. The Balaban J connectivity index is 2.04. The van der Waals surface area contributed by atoms with Crippen molar-refractivity contribution in [2.24, 2.45) is 0 Å². The maximum absolute atomic E-state index is 11.1. The maximum atomic E-state index is 11.1. The van der Waals surface area contributed by atoms with Crippen LogP contribution in [0.25, 0.3) is 5.57 Å². The Morgan fingerprint density at radius 3 is 3.09 bits per heavy atom. The van der Waals surface area contributed by atoms with Gasteiger partial charge in [-0.15, -0.1) is 10.2 Å². The molecule has 22 heavy (non-hydrogen) atoms. The van der Waals surface area contributed by atoms with Crippen molar-refractivity contribution in [3.8, 4) is 6.07 Å². The first-order chi connectivity index (χ1) is 10.7. The van der Waals surface area contributed by atoms with Gasteiger partial charge in [-0.1, -0.05) is 12.1 Å². The van der Waals surface area contributed by atoms with Crippen molar-refractivity contribution in [2.45, 2.75) is 12.8 Å².